The maximum Gasteiger partial charge on any atom is 0.253 e. The first kappa shape index (κ1) is 18.6. The lowest BCUT2D eigenvalue weighted by atomic mass is 10.1. The quantitative estimate of drug-likeness (QED) is 0.666. The first-order valence-electron chi connectivity index (χ1n) is 8.59. The largest absolute Gasteiger partial charge is 0.473 e. The second-order valence-corrected chi connectivity index (χ2v) is 6.16. The molecule has 0 unspecified atom stereocenters. The Labute approximate surface area is 157 Å². The second-order valence-electron chi connectivity index (χ2n) is 6.16. The lowest BCUT2D eigenvalue weighted by Crippen LogP contribution is -2.35. The Morgan fingerprint density at radius 3 is 2.70 bits per heavy atom. The summed E-state index contributed by atoms with van der Waals surface area (Å²) in [5.74, 6) is 0.779. The van der Waals surface area contributed by atoms with Gasteiger partial charge in [0.25, 0.3) is 5.91 Å². The van der Waals surface area contributed by atoms with Crippen LogP contribution in [0.1, 0.15) is 28.6 Å². The zero-order valence-electron chi connectivity index (χ0n) is 15.2. The van der Waals surface area contributed by atoms with Gasteiger partial charge in [0, 0.05) is 23.9 Å². The number of hydrogen-bond donors (Lipinski definition) is 2. The Hall–Kier alpha value is -3.19. The van der Waals surface area contributed by atoms with E-state index in [0.29, 0.717) is 17.2 Å². The smallest absolute Gasteiger partial charge is 0.253 e. The Bertz CT molecular complexity index is 891. The van der Waals surface area contributed by atoms with Crippen LogP contribution in [0.15, 0.2) is 53.2 Å². The summed E-state index contributed by atoms with van der Waals surface area (Å²) in [7, 11) is 0. The standard InChI is InChI=1S/C20H21N3O4/c1-13(11-24)22-20(25)16-8-9-18(21-10-16)26-12-17-14(2)27-23-19(17)15-6-4-3-5-7-15/h3-10,13,24H,11-12H2,1-2H3,(H,22,25)/t13-/m0/s1. The molecule has 0 aliphatic carbocycles. The van der Waals surface area contributed by atoms with Crippen LogP contribution in [0, 0.1) is 6.92 Å². The fourth-order valence-electron chi connectivity index (χ4n) is 2.48. The molecule has 7 heteroatoms. The van der Waals surface area contributed by atoms with Gasteiger partial charge >= 0.3 is 0 Å². The summed E-state index contributed by atoms with van der Waals surface area (Å²) in [6, 6.07) is 12.7. The number of carbonyl (C=O) groups excluding carboxylic acids is 1. The molecule has 140 valence electrons. The monoisotopic (exact) mass is 367 g/mol. The molecule has 27 heavy (non-hydrogen) atoms. The molecule has 3 aromatic rings. The van der Waals surface area contributed by atoms with Crippen LogP contribution in [0.2, 0.25) is 0 Å². The van der Waals surface area contributed by atoms with Gasteiger partial charge in [-0.1, -0.05) is 35.5 Å². The third-order valence-corrected chi connectivity index (χ3v) is 4.05. The van der Waals surface area contributed by atoms with Crippen LogP contribution >= 0.6 is 0 Å². The average molecular weight is 367 g/mol. The molecular formula is C20H21N3O4. The van der Waals surface area contributed by atoms with Crippen molar-refractivity contribution in [2.45, 2.75) is 26.5 Å². The maximum atomic E-state index is 12.0. The highest BCUT2D eigenvalue weighted by Crippen LogP contribution is 2.26. The summed E-state index contributed by atoms with van der Waals surface area (Å²) in [5, 5.41) is 15.8. The molecule has 3 rings (SSSR count). The van der Waals surface area contributed by atoms with Gasteiger partial charge in [0.15, 0.2) is 0 Å². The minimum Gasteiger partial charge on any atom is -0.473 e. The molecule has 0 aliphatic heterocycles. The summed E-state index contributed by atoms with van der Waals surface area (Å²) in [4.78, 5) is 16.2. The Morgan fingerprint density at radius 2 is 2.04 bits per heavy atom. The van der Waals surface area contributed by atoms with Crippen molar-refractivity contribution in [3.05, 3.63) is 65.5 Å². The first-order valence-corrected chi connectivity index (χ1v) is 8.59. The highest BCUT2D eigenvalue weighted by molar-refractivity contribution is 5.94. The second kappa shape index (κ2) is 8.46. The van der Waals surface area contributed by atoms with Crippen molar-refractivity contribution < 1.29 is 19.2 Å². The Kier molecular flexibility index (Phi) is 5.83. The minimum atomic E-state index is -0.318. The molecule has 0 radical (unpaired) electrons. The average Bonchev–Trinajstić information content (AvgIpc) is 3.07. The van der Waals surface area contributed by atoms with E-state index in [-0.39, 0.29) is 25.2 Å². The highest BCUT2D eigenvalue weighted by Gasteiger charge is 2.16. The number of rotatable bonds is 7. The minimum absolute atomic E-state index is 0.123. The fraction of sp³-hybridized carbons (Fsp3) is 0.250. The number of nitrogens with one attached hydrogen (secondary N) is 1. The zero-order valence-corrected chi connectivity index (χ0v) is 15.2. The highest BCUT2D eigenvalue weighted by atomic mass is 16.5. The van der Waals surface area contributed by atoms with Crippen molar-refractivity contribution in [3.8, 4) is 17.1 Å². The molecular weight excluding hydrogens is 346 g/mol. The summed E-state index contributed by atoms with van der Waals surface area (Å²) >= 11 is 0. The third kappa shape index (κ3) is 4.51. The zero-order chi connectivity index (χ0) is 19.2. The van der Waals surface area contributed by atoms with Gasteiger partial charge in [0.2, 0.25) is 5.88 Å². The van der Waals surface area contributed by atoms with Gasteiger partial charge in [0.05, 0.1) is 17.7 Å². The number of ether oxygens (including phenoxy) is 1. The lowest BCUT2D eigenvalue weighted by molar-refractivity contribution is 0.0922. The van der Waals surface area contributed by atoms with Crippen molar-refractivity contribution in [3.63, 3.8) is 0 Å². The molecule has 1 aromatic carbocycles. The summed E-state index contributed by atoms with van der Waals surface area (Å²) in [6.07, 6.45) is 1.44. The number of aliphatic hydroxyl groups excluding tert-OH is 1. The van der Waals surface area contributed by atoms with E-state index in [0.717, 1.165) is 16.8 Å². The van der Waals surface area contributed by atoms with Gasteiger partial charge in [-0.05, 0) is 19.9 Å². The van der Waals surface area contributed by atoms with E-state index < -0.39 is 0 Å². The van der Waals surface area contributed by atoms with Gasteiger partial charge in [-0.2, -0.15) is 0 Å². The molecule has 7 nitrogen and oxygen atoms in total. The van der Waals surface area contributed by atoms with Crippen LogP contribution in [0.5, 0.6) is 5.88 Å². The van der Waals surface area contributed by atoms with E-state index in [9.17, 15) is 4.79 Å². The molecule has 0 aliphatic rings. The number of nitrogens with zero attached hydrogens (tertiary/aromatic N) is 2. The van der Waals surface area contributed by atoms with Gasteiger partial charge in [-0.25, -0.2) is 4.98 Å². The summed E-state index contributed by atoms with van der Waals surface area (Å²) < 4.78 is 11.1. The van der Waals surface area contributed by atoms with Crippen LogP contribution in [-0.4, -0.2) is 33.8 Å². The van der Waals surface area contributed by atoms with Gasteiger partial charge in [-0.3, -0.25) is 4.79 Å². The van der Waals surface area contributed by atoms with E-state index in [1.807, 2.05) is 37.3 Å². The van der Waals surface area contributed by atoms with Crippen LogP contribution in [0.25, 0.3) is 11.3 Å². The molecule has 0 spiro atoms. The third-order valence-electron chi connectivity index (χ3n) is 4.05. The number of hydrogen-bond acceptors (Lipinski definition) is 6. The van der Waals surface area contributed by atoms with Crippen molar-refractivity contribution in [2.24, 2.45) is 0 Å². The van der Waals surface area contributed by atoms with Crippen LogP contribution in [0.3, 0.4) is 0 Å². The summed E-state index contributed by atoms with van der Waals surface area (Å²) in [6.45, 7) is 3.68. The van der Waals surface area contributed by atoms with Crippen molar-refractivity contribution in [1.82, 2.24) is 15.5 Å². The Balaban J connectivity index is 1.68. The molecule has 1 atom stereocenters. The van der Waals surface area contributed by atoms with E-state index in [1.165, 1.54) is 6.20 Å². The van der Waals surface area contributed by atoms with E-state index >= 15 is 0 Å². The molecule has 0 fully saturated rings. The molecule has 2 heterocycles. The number of carbonyl (C=O) groups is 1. The predicted molar refractivity (Wildman–Crippen MR) is 99.3 cm³/mol. The SMILES string of the molecule is Cc1onc(-c2ccccc2)c1COc1ccc(C(=O)N[C@@H](C)CO)cn1. The molecule has 2 aromatic heterocycles. The van der Waals surface area contributed by atoms with E-state index in [4.69, 9.17) is 14.4 Å². The fourth-order valence-corrected chi connectivity index (χ4v) is 2.48. The predicted octanol–water partition coefficient (Wildman–Crippen LogP) is 2.73. The van der Waals surface area contributed by atoms with Crippen LogP contribution in [-0.2, 0) is 6.61 Å². The van der Waals surface area contributed by atoms with Gasteiger partial charge in [-0.15, -0.1) is 0 Å². The first-order chi connectivity index (χ1) is 13.1. The topological polar surface area (TPSA) is 97.5 Å². The molecule has 2 N–H and O–H groups in total. The Morgan fingerprint density at radius 1 is 1.26 bits per heavy atom. The van der Waals surface area contributed by atoms with E-state index in [1.54, 1.807) is 19.1 Å². The van der Waals surface area contributed by atoms with Crippen molar-refractivity contribution in [2.75, 3.05) is 6.61 Å². The number of pyridine rings is 1. The maximum absolute atomic E-state index is 12.0. The molecule has 1 amide bonds. The number of amides is 1. The van der Waals surface area contributed by atoms with Crippen LogP contribution in [0.4, 0.5) is 0 Å². The normalized spacial score (nSPS) is 11.8. The lowest BCUT2D eigenvalue weighted by Gasteiger charge is -2.11. The van der Waals surface area contributed by atoms with Crippen LogP contribution < -0.4 is 10.1 Å². The molecule has 0 saturated heterocycles. The van der Waals surface area contributed by atoms with Gasteiger partial charge < -0.3 is 19.7 Å². The van der Waals surface area contributed by atoms with Crippen molar-refractivity contribution in [1.29, 1.82) is 0 Å². The van der Waals surface area contributed by atoms with E-state index in [2.05, 4.69) is 15.5 Å². The summed E-state index contributed by atoms with van der Waals surface area (Å²) in [5.41, 5.74) is 2.93. The number of aryl methyl sites for hydroxylation is 1. The number of aliphatic hydroxyl groups is 1. The number of aromatic nitrogens is 2. The number of benzene rings is 1. The molecule has 0 saturated carbocycles. The van der Waals surface area contributed by atoms with Crippen molar-refractivity contribution >= 4 is 5.91 Å². The molecule has 0 bridgehead atoms. The van der Waals surface area contributed by atoms with Gasteiger partial charge in [0.1, 0.15) is 18.1 Å².